The van der Waals surface area contributed by atoms with Crippen LogP contribution in [0.1, 0.15) is 16.8 Å². The molecule has 12 heavy (non-hydrogen) atoms. The molecule has 0 saturated carbocycles. The molecule has 2 N–H and O–H groups in total. The zero-order chi connectivity index (χ0) is 8.72. The van der Waals surface area contributed by atoms with Crippen molar-refractivity contribution in [2.45, 2.75) is 12.4 Å². The standard InChI is InChI=1S/C6H6Cl2N4/c1-2-3-4(7)9-6(8)10-5(3)12-11-2/h4H,1H3,(H2,9,10,11,12)/t4-/m1/s1. The van der Waals surface area contributed by atoms with E-state index in [1.165, 1.54) is 0 Å². The van der Waals surface area contributed by atoms with Crippen LogP contribution in [0.15, 0.2) is 4.99 Å². The van der Waals surface area contributed by atoms with E-state index in [2.05, 4.69) is 20.5 Å². The fourth-order valence-corrected chi connectivity index (χ4v) is 1.72. The van der Waals surface area contributed by atoms with Gasteiger partial charge in [0.2, 0.25) is 0 Å². The predicted molar refractivity (Wildman–Crippen MR) is 48.8 cm³/mol. The molecule has 2 rings (SSSR count). The van der Waals surface area contributed by atoms with Gasteiger partial charge in [-0.2, -0.15) is 5.10 Å². The monoisotopic (exact) mass is 204 g/mol. The van der Waals surface area contributed by atoms with Crippen molar-refractivity contribution in [3.8, 4) is 0 Å². The van der Waals surface area contributed by atoms with Crippen molar-refractivity contribution in [1.29, 1.82) is 0 Å². The molecule has 0 saturated heterocycles. The third-order valence-electron chi connectivity index (χ3n) is 1.68. The van der Waals surface area contributed by atoms with E-state index in [0.717, 1.165) is 11.3 Å². The number of aryl methyl sites for hydroxylation is 1. The van der Waals surface area contributed by atoms with E-state index in [0.29, 0.717) is 5.82 Å². The van der Waals surface area contributed by atoms with Crippen molar-refractivity contribution in [2.24, 2.45) is 4.99 Å². The van der Waals surface area contributed by atoms with E-state index < -0.39 is 5.50 Å². The summed E-state index contributed by atoms with van der Waals surface area (Å²) in [5.41, 5.74) is 1.33. The average molecular weight is 205 g/mol. The quantitative estimate of drug-likeness (QED) is 0.502. The Balaban J connectivity index is 2.51. The van der Waals surface area contributed by atoms with E-state index >= 15 is 0 Å². The van der Waals surface area contributed by atoms with Gasteiger partial charge in [0.25, 0.3) is 0 Å². The number of H-pyrrole nitrogens is 1. The third kappa shape index (κ3) is 1.07. The Morgan fingerprint density at radius 1 is 1.50 bits per heavy atom. The Morgan fingerprint density at radius 2 is 2.25 bits per heavy atom. The minimum Gasteiger partial charge on any atom is -0.313 e. The zero-order valence-electron chi connectivity index (χ0n) is 6.23. The van der Waals surface area contributed by atoms with E-state index in [-0.39, 0.29) is 5.29 Å². The number of rotatable bonds is 0. The minimum absolute atomic E-state index is 0.272. The third-order valence-corrected chi connectivity index (χ3v) is 2.19. The van der Waals surface area contributed by atoms with Crippen LogP contribution in [0.3, 0.4) is 0 Å². The highest BCUT2D eigenvalue weighted by molar-refractivity contribution is 6.67. The maximum absolute atomic E-state index is 5.92. The summed E-state index contributed by atoms with van der Waals surface area (Å²) in [6, 6.07) is 0. The molecule has 0 aliphatic carbocycles. The zero-order valence-corrected chi connectivity index (χ0v) is 7.74. The lowest BCUT2D eigenvalue weighted by Crippen LogP contribution is -2.13. The SMILES string of the molecule is Cc1[nH]nc2c1[C@H](Cl)N=C(Cl)N2. The van der Waals surface area contributed by atoms with Gasteiger partial charge in [0.05, 0.1) is 5.56 Å². The van der Waals surface area contributed by atoms with Crippen LogP contribution in [-0.2, 0) is 0 Å². The molecule has 0 radical (unpaired) electrons. The van der Waals surface area contributed by atoms with Crippen LogP contribution >= 0.6 is 23.2 Å². The largest absolute Gasteiger partial charge is 0.313 e. The van der Waals surface area contributed by atoms with Gasteiger partial charge < -0.3 is 5.32 Å². The number of hydrogen-bond donors (Lipinski definition) is 2. The highest BCUT2D eigenvalue weighted by Crippen LogP contribution is 2.33. The molecule has 1 aromatic heterocycles. The van der Waals surface area contributed by atoms with Crippen molar-refractivity contribution in [3.05, 3.63) is 11.3 Å². The molecule has 0 bridgehead atoms. The molecule has 0 spiro atoms. The number of amidine groups is 1. The Kier molecular flexibility index (Phi) is 1.73. The summed E-state index contributed by atoms with van der Waals surface area (Å²) in [6.45, 7) is 1.89. The van der Waals surface area contributed by atoms with Gasteiger partial charge in [0.15, 0.2) is 16.6 Å². The summed E-state index contributed by atoms with van der Waals surface area (Å²) in [4.78, 5) is 3.93. The molecule has 2 heterocycles. The molecule has 1 atom stereocenters. The van der Waals surface area contributed by atoms with Crippen LogP contribution < -0.4 is 5.32 Å². The number of hydrogen-bond acceptors (Lipinski definition) is 3. The molecule has 0 fully saturated rings. The molecule has 6 heteroatoms. The topological polar surface area (TPSA) is 53.1 Å². The van der Waals surface area contributed by atoms with Crippen molar-refractivity contribution >= 4 is 34.3 Å². The van der Waals surface area contributed by atoms with Gasteiger partial charge in [0, 0.05) is 5.69 Å². The second-order valence-electron chi connectivity index (χ2n) is 2.49. The molecule has 0 unspecified atom stereocenters. The highest BCUT2D eigenvalue weighted by Gasteiger charge is 2.23. The van der Waals surface area contributed by atoms with Gasteiger partial charge in [-0.05, 0) is 18.5 Å². The van der Waals surface area contributed by atoms with Gasteiger partial charge in [-0.3, -0.25) is 5.10 Å². The number of aromatic nitrogens is 2. The molecule has 0 aromatic carbocycles. The number of alkyl halides is 1. The smallest absolute Gasteiger partial charge is 0.198 e. The number of aliphatic imine (C=N–C) groups is 1. The van der Waals surface area contributed by atoms with Gasteiger partial charge in [-0.25, -0.2) is 4.99 Å². The summed E-state index contributed by atoms with van der Waals surface area (Å²) in [6.07, 6.45) is 0. The summed E-state index contributed by atoms with van der Waals surface area (Å²) in [5.74, 6) is 0.660. The first-order chi connectivity index (χ1) is 5.68. The number of nitrogens with one attached hydrogen (secondary N) is 2. The van der Waals surface area contributed by atoms with Crippen LogP contribution in [0, 0.1) is 6.92 Å². The Hall–Kier alpha value is -0.740. The molecule has 4 nitrogen and oxygen atoms in total. The first kappa shape index (κ1) is 7.89. The molecule has 64 valence electrons. The number of anilines is 1. The number of aromatic amines is 1. The van der Waals surface area contributed by atoms with Crippen LogP contribution in [0.2, 0.25) is 0 Å². The molecule has 1 aliphatic rings. The van der Waals surface area contributed by atoms with E-state index in [1.807, 2.05) is 6.92 Å². The van der Waals surface area contributed by atoms with E-state index in [9.17, 15) is 0 Å². The van der Waals surface area contributed by atoms with Gasteiger partial charge in [0.1, 0.15) is 0 Å². The van der Waals surface area contributed by atoms with E-state index in [1.54, 1.807) is 0 Å². The predicted octanol–water partition coefficient (Wildman–Crippen LogP) is 1.98. The molecule has 1 aromatic rings. The summed E-state index contributed by atoms with van der Waals surface area (Å²) in [5, 5.41) is 9.84. The van der Waals surface area contributed by atoms with Crippen LogP contribution in [-0.4, -0.2) is 15.5 Å². The summed E-state index contributed by atoms with van der Waals surface area (Å²) >= 11 is 11.6. The number of nitrogens with zero attached hydrogens (tertiary/aromatic N) is 2. The van der Waals surface area contributed by atoms with Crippen LogP contribution in [0.5, 0.6) is 0 Å². The van der Waals surface area contributed by atoms with Crippen molar-refractivity contribution < 1.29 is 0 Å². The van der Waals surface area contributed by atoms with Gasteiger partial charge >= 0.3 is 0 Å². The molecular weight excluding hydrogens is 199 g/mol. The number of fused-ring (bicyclic) bond motifs is 1. The summed E-state index contributed by atoms with van der Waals surface area (Å²) < 4.78 is 0. The van der Waals surface area contributed by atoms with Crippen LogP contribution in [0.25, 0.3) is 0 Å². The Labute approximate surface area is 79.0 Å². The van der Waals surface area contributed by atoms with Gasteiger partial charge in [-0.1, -0.05) is 11.6 Å². The number of halogens is 2. The lowest BCUT2D eigenvalue weighted by Gasteiger charge is -2.13. The first-order valence-electron chi connectivity index (χ1n) is 3.37. The minimum atomic E-state index is -0.438. The van der Waals surface area contributed by atoms with Crippen molar-refractivity contribution in [2.75, 3.05) is 5.32 Å². The first-order valence-corrected chi connectivity index (χ1v) is 4.19. The normalized spacial score (nSPS) is 21.2. The Morgan fingerprint density at radius 3 is 3.00 bits per heavy atom. The lowest BCUT2D eigenvalue weighted by atomic mass is 10.2. The van der Waals surface area contributed by atoms with Crippen LogP contribution in [0.4, 0.5) is 5.82 Å². The fraction of sp³-hybridized carbons (Fsp3) is 0.333. The van der Waals surface area contributed by atoms with Crippen molar-refractivity contribution in [1.82, 2.24) is 10.2 Å². The molecular formula is C6H6Cl2N4. The molecule has 1 aliphatic heterocycles. The Bertz CT molecular complexity index is 343. The maximum atomic E-state index is 5.92. The fourth-order valence-electron chi connectivity index (χ4n) is 1.12. The lowest BCUT2D eigenvalue weighted by molar-refractivity contribution is 0.990. The highest BCUT2D eigenvalue weighted by atomic mass is 35.5. The maximum Gasteiger partial charge on any atom is 0.198 e. The second kappa shape index (κ2) is 2.64. The van der Waals surface area contributed by atoms with E-state index in [4.69, 9.17) is 23.2 Å². The van der Waals surface area contributed by atoms with Crippen molar-refractivity contribution in [3.63, 3.8) is 0 Å². The average Bonchev–Trinajstić information content (AvgIpc) is 2.31. The van der Waals surface area contributed by atoms with Gasteiger partial charge in [-0.15, -0.1) is 0 Å². The summed E-state index contributed by atoms with van der Waals surface area (Å²) in [7, 11) is 0. The second-order valence-corrected chi connectivity index (χ2v) is 3.26. The molecule has 0 amide bonds.